The van der Waals surface area contributed by atoms with Gasteiger partial charge in [-0.05, 0) is 30.4 Å². The number of hydrogen-bond acceptors (Lipinski definition) is 0. The van der Waals surface area contributed by atoms with Gasteiger partial charge < -0.3 is 0 Å². The molecule has 0 radical (unpaired) electrons. The molecule has 0 amide bonds. The van der Waals surface area contributed by atoms with Crippen LogP contribution in [0, 0.1) is 0 Å². The van der Waals surface area contributed by atoms with Gasteiger partial charge in [0.2, 0.25) is 6.33 Å². The van der Waals surface area contributed by atoms with E-state index >= 15 is 0 Å². The first-order valence-corrected chi connectivity index (χ1v) is 11.8. The Hall–Kier alpha value is -2.35. The van der Waals surface area contributed by atoms with E-state index in [4.69, 9.17) is 0 Å². The maximum absolute atomic E-state index is 2.47. The lowest BCUT2D eigenvalue weighted by molar-refractivity contribution is -0.671. The molecule has 2 aromatic carbocycles. The zero-order chi connectivity index (χ0) is 21.2. The Morgan fingerprint density at radius 1 is 0.867 bits per heavy atom. The third-order valence-corrected chi connectivity index (χ3v) is 6.56. The number of nitrogens with zero attached hydrogens (tertiary/aromatic N) is 2. The van der Waals surface area contributed by atoms with Crippen molar-refractivity contribution >= 4 is 0 Å². The zero-order valence-electron chi connectivity index (χ0n) is 19.1. The lowest BCUT2D eigenvalue weighted by Gasteiger charge is -2.37. The summed E-state index contributed by atoms with van der Waals surface area (Å²) in [7, 11) is 2.12. The van der Waals surface area contributed by atoms with Gasteiger partial charge in [-0.1, -0.05) is 107 Å². The maximum Gasteiger partial charge on any atom is 0.243 e. The molecule has 30 heavy (non-hydrogen) atoms. The van der Waals surface area contributed by atoms with Gasteiger partial charge in [-0.2, -0.15) is 0 Å². The zero-order valence-corrected chi connectivity index (χ0v) is 19.1. The van der Waals surface area contributed by atoms with E-state index in [-0.39, 0.29) is 5.41 Å². The first-order valence-electron chi connectivity index (χ1n) is 11.8. The van der Waals surface area contributed by atoms with E-state index in [0.29, 0.717) is 6.04 Å². The van der Waals surface area contributed by atoms with Gasteiger partial charge in [0.1, 0.15) is 18.4 Å². The molecular weight excluding hydrogens is 364 g/mol. The van der Waals surface area contributed by atoms with Crippen LogP contribution in [0.15, 0.2) is 79.4 Å². The Morgan fingerprint density at radius 3 is 2.13 bits per heavy atom. The van der Waals surface area contributed by atoms with Crippen molar-refractivity contribution in [1.29, 1.82) is 0 Å². The minimum absolute atomic E-state index is 0.0258. The van der Waals surface area contributed by atoms with E-state index in [1.165, 1.54) is 56.1 Å². The van der Waals surface area contributed by atoms with Crippen molar-refractivity contribution in [2.75, 3.05) is 0 Å². The Bertz CT molecular complexity index is 853. The summed E-state index contributed by atoms with van der Waals surface area (Å²) >= 11 is 0. The average molecular weight is 404 g/mol. The number of hydrogen-bond donors (Lipinski definition) is 0. The minimum atomic E-state index is 0.0258. The summed E-state index contributed by atoms with van der Waals surface area (Å²) in [5, 5.41) is 0. The fourth-order valence-corrected chi connectivity index (χ4v) is 4.82. The number of aryl methyl sites for hydroxylation is 1. The van der Waals surface area contributed by atoms with Gasteiger partial charge in [0.05, 0.1) is 7.05 Å². The molecule has 0 saturated heterocycles. The lowest BCUT2D eigenvalue weighted by Crippen LogP contribution is -2.37. The molecule has 2 nitrogen and oxygen atoms in total. The van der Waals surface area contributed by atoms with Gasteiger partial charge in [0.25, 0.3) is 0 Å². The first-order chi connectivity index (χ1) is 14.6. The van der Waals surface area contributed by atoms with Gasteiger partial charge in [-0.3, -0.25) is 0 Å². The lowest BCUT2D eigenvalue weighted by atomic mass is 9.70. The summed E-state index contributed by atoms with van der Waals surface area (Å²) in [6.45, 7) is 4.76. The molecule has 2 atom stereocenters. The van der Waals surface area contributed by atoms with Crippen molar-refractivity contribution in [2.45, 2.75) is 76.7 Å². The van der Waals surface area contributed by atoms with Gasteiger partial charge in [-0.25, -0.2) is 9.13 Å². The van der Waals surface area contributed by atoms with Crippen molar-refractivity contribution in [3.05, 3.63) is 90.5 Å². The molecule has 0 N–H and O–H groups in total. The number of unbranched alkanes of at least 4 members (excludes halogenated alkanes) is 5. The van der Waals surface area contributed by atoms with Crippen LogP contribution in [0.2, 0.25) is 0 Å². The summed E-state index contributed by atoms with van der Waals surface area (Å²) in [5.74, 6) is 0. The average Bonchev–Trinajstić information content (AvgIpc) is 3.20. The second kappa shape index (κ2) is 11.2. The number of imidazole rings is 1. The smallest absolute Gasteiger partial charge is 0.240 e. The van der Waals surface area contributed by atoms with Crippen molar-refractivity contribution in [2.24, 2.45) is 7.05 Å². The Morgan fingerprint density at radius 2 is 1.50 bits per heavy atom. The highest BCUT2D eigenvalue weighted by atomic mass is 15.1. The van der Waals surface area contributed by atoms with Gasteiger partial charge >= 0.3 is 0 Å². The summed E-state index contributed by atoms with van der Waals surface area (Å²) in [6, 6.07) is 22.6. The van der Waals surface area contributed by atoms with E-state index in [9.17, 15) is 0 Å². The summed E-state index contributed by atoms with van der Waals surface area (Å²) in [6.07, 6.45) is 17.0. The van der Waals surface area contributed by atoms with Crippen molar-refractivity contribution in [1.82, 2.24) is 4.57 Å². The third-order valence-electron chi connectivity index (χ3n) is 6.56. The minimum Gasteiger partial charge on any atom is -0.240 e. The molecule has 0 aliphatic rings. The van der Waals surface area contributed by atoms with E-state index in [1.54, 1.807) is 0 Å². The summed E-state index contributed by atoms with van der Waals surface area (Å²) < 4.78 is 4.63. The Labute approximate surface area is 183 Å². The van der Waals surface area contributed by atoms with Gasteiger partial charge in [0, 0.05) is 5.41 Å². The molecule has 2 heteroatoms. The molecule has 2 unspecified atom stereocenters. The fourth-order valence-electron chi connectivity index (χ4n) is 4.82. The molecule has 3 rings (SSSR count). The summed E-state index contributed by atoms with van der Waals surface area (Å²) in [5.41, 5.74) is 2.87. The molecule has 1 heterocycles. The Balaban J connectivity index is 1.89. The SMILES string of the molecule is CCCCCCCCC(n1cc[n+](C)c1)C(C)(Cc1ccccc1)c1ccccc1. The highest BCUT2D eigenvalue weighted by Gasteiger charge is 2.40. The summed E-state index contributed by atoms with van der Waals surface area (Å²) in [4.78, 5) is 0. The van der Waals surface area contributed by atoms with E-state index < -0.39 is 0 Å². The predicted octanol–water partition coefficient (Wildman–Crippen LogP) is 6.80. The Kier molecular flexibility index (Phi) is 8.30. The third kappa shape index (κ3) is 5.84. The quantitative estimate of drug-likeness (QED) is 0.232. The molecule has 160 valence electrons. The fraction of sp³-hybridized carbons (Fsp3) is 0.464. The van der Waals surface area contributed by atoms with Crippen molar-refractivity contribution in [3.63, 3.8) is 0 Å². The molecule has 0 aliphatic carbocycles. The second-order valence-electron chi connectivity index (χ2n) is 9.04. The molecule has 0 aliphatic heterocycles. The number of benzene rings is 2. The number of rotatable bonds is 12. The molecule has 3 aromatic rings. The largest absolute Gasteiger partial charge is 0.243 e. The molecule has 0 spiro atoms. The monoisotopic (exact) mass is 403 g/mol. The standard InChI is InChI=1S/C28H39N2/c1-4-5-6-7-8-15-20-27(30-22-21-29(3)24-30)28(2,26-18-13-10-14-19-26)23-25-16-11-9-12-17-25/h9-14,16-19,21-22,24,27H,4-8,15,20,23H2,1-3H3/q+1. The molecule has 1 aromatic heterocycles. The highest BCUT2D eigenvalue weighted by molar-refractivity contribution is 5.30. The van der Waals surface area contributed by atoms with Gasteiger partial charge in [0.15, 0.2) is 0 Å². The topological polar surface area (TPSA) is 8.81 Å². The van der Waals surface area contributed by atoms with Crippen LogP contribution >= 0.6 is 0 Å². The maximum atomic E-state index is 2.47. The van der Waals surface area contributed by atoms with Crippen LogP contribution in [0.25, 0.3) is 0 Å². The van der Waals surface area contributed by atoms with E-state index in [1.807, 2.05) is 0 Å². The van der Waals surface area contributed by atoms with Crippen LogP contribution in [0.3, 0.4) is 0 Å². The first kappa shape index (κ1) is 22.3. The second-order valence-corrected chi connectivity index (χ2v) is 9.04. The van der Waals surface area contributed by atoms with Crippen LogP contribution < -0.4 is 4.57 Å². The van der Waals surface area contributed by atoms with Crippen LogP contribution in [-0.4, -0.2) is 4.57 Å². The number of aromatic nitrogens is 2. The van der Waals surface area contributed by atoms with Crippen LogP contribution in [0.1, 0.15) is 76.0 Å². The van der Waals surface area contributed by atoms with Crippen LogP contribution in [0.5, 0.6) is 0 Å². The normalized spacial score (nSPS) is 14.4. The van der Waals surface area contributed by atoms with E-state index in [2.05, 4.69) is 109 Å². The van der Waals surface area contributed by atoms with Crippen LogP contribution in [0.4, 0.5) is 0 Å². The molecule has 0 bridgehead atoms. The van der Waals surface area contributed by atoms with Crippen molar-refractivity contribution in [3.8, 4) is 0 Å². The predicted molar refractivity (Wildman–Crippen MR) is 127 cm³/mol. The molecular formula is C28H39N2+. The van der Waals surface area contributed by atoms with Crippen molar-refractivity contribution < 1.29 is 4.57 Å². The van der Waals surface area contributed by atoms with E-state index in [0.717, 1.165) is 6.42 Å². The molecule has 0 fully saturated rings. The highest BCUT2D eigenvalue weighted by Crippen LogP contribution is 2.41. The van der Waals surface area contributed by atoms with Crippen LogP contribution in [-0.2, 0) is 18.9 Å². The van der Waals surface area contributed by atoms with Gasteiger partial charge in [-0.15, -0.1) is 0 Å². The molecule has 0 saturated carbocycles.